The maximum atomic E-state index is 11.8. The molecule has 0 heterocycles. The molecular formula is C14H17N3O2. The summed E-state index contributed by atoms with van der Waals surface area (Å²) in [4.78, 5) is 13.5. The monoisotopic (exact) mass is 259 g/mol. The number of nitrogens with one attached hydrogen (secondary N) is 1. The second kappa shape index (κ2) is 7.07. The maximum absolute atomic E-state index is 11.8. The Morgan fingerprint density at radius 2 is 2.05 bits per heavy atom. The Labute approximate surface area is 113 Å². The fourth-order valence-electron chi connectivity index (χ4n) is 1.40. The van der Waals surface area contributed by atoms with Crippen molar-refractivity contribution in [3.63, 3.8) is 0 Å². The highest BCUT2D eigenvalue weighted by Gasteiger charge is 2.09. The summed E-state index contributed by atoms with van der Waals surface area (Å²) in [5, 5.41) is 11.6. The van der Waals surface area contributed by atoms with E-state index in [4.69, 9.17) is 10.00 Å². The number of amides is 1. The lowest BCUT2D eigenvalue weighted by Crippen LogP contribution is -2.16. The molecule has 1 N–H and O–H groups in total. The summed E-state index contributed by atoms with van der Waals surface area (Å²) >= 11 is 0. The second-order valence-electron chi connectivity index (χ2n) is 4.03. The van der Waals surface area contributed by atoms with Crippen LogP contribution in [0.15, 0.2) is 36.0 Å². The van der Waals surface area contributed by atoms with Gasteiger partial charge in [0.05, 0.1) is 6.61 Å². The van der Waals surface area contributed by atoms with Gasteiger partial charge in [0.2, 0.25) is 0 Å². The molecule has 0 radical (unpaired) electrons. The number of benzene rings is 1. The molecule has 0 saturated carbocycles. The van der Waals surface area contributed by atoms with E-state index in [2.05, 4.69) is 5.32 Å². The van der Waals surface area contributed by atoms with Gasteiger partial charge in [-0.3, -0.25) is 4.79 Å². The Morgan fingerprint density at radius 1 is 1.42 bits per heavy atom. The van der Waals surface area contributed by atoms with Gasteiger partial charge in [0, 0.05) is 26.0 Å². The van der Waals surface area contributed by atoms with Crippen LogP contribution in [0.4, 0.5) is 5.69 Å². The normalized spacial score (nSPS) is 10.5. The van der Waals surface area contributed by atoms with E-state index < -0.39 is 5.91 Å². The molecule has 0 bridgehead atoms. The lowest BCUT2D eigenvalue weighted by molar-refractivity contribution is -0.112. The number of hydrogen-bond donors (Lipinski definition) is 1. The van der Waals surface area contributed by atoms with Gasteiger partial charge in [0.15, 0.2) is 0 Å². The average Bonchev–Trinajstić information content (AvgIpc) is 2.38. The van der Waals surface area contributed by atoms with Crippen LogP contribution in [0.1, 0.15) is 6.92 Å². The van der Waals surface area contributed by atoms with Crippen LogP contribution in [0.3, 0.4) is 0 Å². The minimum atomic E-state index is -0.430. The van der Waals surface area contributed by atoms with E-state index in [1.165, 1.54) is 6.20 Å². The molecule has 1 rings (SSSR count). The van der Waals surface area contributed by atoms with Crippen LogP contribution in [0.2, 0.25) is 0 Å². The fourth-order valence-corrected chi connectivity index (χ4v) is 1.40. The Hall–Kier alpha value is -2.48. The molecule has 5 nitrogen and oxygen atoms in total. The highest BCUT2D eigenvalue weighted by molar-refractivity contribution is 6.06. The standard InChI is InChI=1S/C14H17N3O2/c1-4-19-13-7-5-12(6-8-13)16-14(18)11(9-15)10-17(2)3/h5-8,10H,4H2,1-3H3,(H,16,18)/b11-10-. The van der Waals surface area contributed by atoms with E-state index in [1.807, 2.05) is 13.0 Å². The number of rotatable bonds is 5. The molecule has 1 aromatic carbocycles. The molecule has 1 amide bonds. The van der Waals surface area contributed by atoms with Crippen molar-refractivity contribution in [1.29, 1.82) is 5.26 Å². The van der Waals surface area contributed by atoms with Gasteiger partial charge in [-0.15, -0.1) is 0 Å². The van der Waals surface area contributed by atoms with Gasteiger partial charge in [-0.1, -0.05) is 0 Å². The lowest BCUT2D eigenvalue weighted by atomic mass is 10.2. The van der Waals surface area contributed by atoms with Crippen molar-refractivity contribution in [1.82, 2.24) is 4.90 Å². The third kappa shape index (κ3) is 4.72. The summed E-state index contributed by atoms with van der Waals surface area (Å²) in [6, 6.07) is 8.86. The number of nitriles is 1. The molecule has 0 unspecified atom stereocenters. The minimum Gasteiger partial charge on any atom is -0.494 e. The Kier molecular flexibility index (Phi) is 5.42. The summed E-state index contributed by atoms with van der Waals surface area (Å²) in [5.41, 5.74) is 0.673. The topological polar surface area (TPSA) is 65.4 Å². The zero-order valence-electron chi connectivity index (χ0n) is 11.3. The van der Waals surface area contributed by atoms with Crippen LogP contribution >= 0.6 is 0 Å². The third-order valence-electron chi connectivity index (χ3n) is 2.18. The van der Waals surface area contributed by atoms with Crippen LogP contribution in [-0.2, 0) is 4.79 Å². The number of ether oxygens (including phenoxy) is 1. The van der Waals surface area contributed by atoms with Crippen molar-refractivity contribution in [2.75, 3.05) is 26.0 Å². The summed E-state index contributed by atoms with van der Waals surface area (Å²) in [7, 11) is 3.50. The zero-order valence-corrected chi connectivity index (χ0v) is 11.3. The lowest BCUT2D eigenvalue weighted by Gasteiger charge is -2.08. The van der Waals surface area contributed by atoms with Gasteiger partial charge in [-0.05, 0) is 31.2 Å². The third-order valence-corrected chi connectivity index (χ3v) is 2.18. The first-order valence-electron chi connectivity index (χ1n) is 5.89. The highest BCUT2D eigenvalue weighted by atomic mass is 16.5. The van der Waals surface area contributed by atoms with Crippen molar-refractivity contribution in [3.05, 3.63) is 36.0 Å². The largest absolute Gasteiger partial charge is 0.494 e. The molecule has 0 spiro atoms. The second-order valence-corrected chi connectivity index (χ2v) is 4.03. The average molecular weight is 259 g/mol. The minimum absolute atomic E-state index is 0.0545. The van der Waals surface area contributed by atoms with Crippen LogP contribution in [0, 0.1) is 11.3 Å². The van der Waals surface area contributed by atoms with Crippen molar-refractivity contribution >= 4 is 11.6 Å². The summed E-state index contributed by atoms with van der Waals surface area (Å²) in [5.74, 6) is 0.310. The van der Waals surface area contributed by atoms with Gasteiger partial charge in [-0.2, -0.15) is 5.26 Å². The van der Waals surface area contributed by atoms with E-state index in [1.54, 1.807) is 43.3 Å². The van der Waals surface area contributed by atoms with E-state index in [-0.39, 0.29) is 5.57 Å². The van der Waals surface area contributed by atoms with Crippen molar-refractivity contribution in [2.24, 2.45) is 0 Å². The summed E-state index contributed by atoms with van der Waals surface area (Å²) in [6.07, 6.45) is 1.48. The molecule has 0 aromatic heterocycles. The smallest absolute Gasteiger partial charge is 0.267 e. The first kappa shape index (κ1) is 14.6. The molecule has 5 heteroatoms. The predicted octanol–water partition coefficient (Wildman–Crippen LogP) is 1.99. The van der Waals surface area contributed by atoms with E-state index in [0.29, 0.717) is 12.3 Å². The molecule has 0 fully saturated rings. The number of nitrogens with zero attached hydrogens (tertiary/aromatic N) is 2. The Balaban J connectivity index is 2.74. The first-order chi connectivity index (χ1) is 9.06. The molecule has 0 saturated heterocycles. The van der Waals surface area contributed by atoms with Crippen molar-refractivity contribution in [3.8, 4) is 11.8 Å². The van der Waals surface area contributed by atoms with Crippen LogP contribution in [-0.4, -0.2) is 31.5 Å². The van der Waals surface area contributed by atoms with E-state index in [9.17, 15) is 4.79 Å². The molecule has 1 aromatic rings. The van der Waals surface area contributed by atoms with Crippen molar-refractivity contribution < 1.29 is 9.53 Å². The highest BCUT2D eigenvalue weighted by Crippen LogP contribution is 2.16. The molecule has 100 valence electrons. The number of anilines is 1. The maximum Gasteiger partial charge on any atom is 0.267 e. The van der Waals surface area contributed by atoms with Crippen LogP contribution in [0.5, 0.6) is 5.75 Å². The van der Waals surface area contributed by atoms with Crippen LogP contribution in [0.25, 0.3) is 0 Å². The molecule has 0 aliphatic heterocycles. The number of carbonyl (C=O) groups excluding carboxylic acids is 1. The first-order valence-corrected chi connectivity index (χ1v) is 5.89. The molecule has 19 heavy (non-hydrogen) atoms. The number of carbonyl (C=O) groups is 1. The molecule has 0 aliphatic rings. The number of hydrogen-bond acceptors (Lipinski definition) is 4. The predicted molar refractivity (Wildman–Crippen MR) is 73.6 cm³/mol. The van der Waals surface area contributed by atoms with E-state index >= 15 is 0 Å². The van der Waals surface area contributed by atoms with Crippen molar-refractivity contribution in [2.45, 2.75) is 6.92 Å². The SMILES string of the molecule is CCOc1ccc(NC(=O)/C(C#N)=C\N(C)C)cc1. The zero-order chi connectivity index (χ0) is 14.3. The Bertz CT molecular complexity index is 498. The summed E-state index contributed by atoms with van der Waals surface area (Å²) < 4.78 is 5.30. The van der Waals surface area contributed by atoms with Crippen LogP contribution < -0.4 is 10.1 Å². The van der Waals surface area contributed by atoms with Gasteiger partial charge in [0.25, 0.3) is 5.91 Å². The molecular weight excluding hydrogens is 242 g/mol. The van der Waals surface area contributed by atoms with Gasteiger partial charge < -0.3 is 15.0 Å². The van der Waals surface area contributed by atoms with Gasteiger partial charge >= 0.3 is 0 Å². The molecule has 0 atom stereocenters. The summed E-state index contributed by atoms with van der Waals surface area (Å²) in [6.45, 7) is 2.50. The molecule has 0 aliphatic carbocycles. The quantitative estimate of drug-likeness (QED) is 0.648. The van der Waals surface area contributed by atoms with E-state index in [0.717, 1.165) is 5.75 Å². The fraction of sp³-hybridized carbons (Fsp3) is 0.286. The Morgan fingerprint density at radius 3 is 2.53 bits per heavy atom. The van der Waals surface area contributed by atoms with Gasteiger partial charge in [-0.25, -0.2) is 0 Å². The van der Waals surface area contributed by atoms with Gasteiger partial charge in [0.1, 0.15) is 17.4 Å².